The maximum Gasteiger partial charge on any atom is 0.322 e. The SMILES string of the molecule is CCCN(Cc1ccccc1)C(=O)Nc1ccc(CCN2CCSCC2)cc1. The van der Waals surface area contributed by atoms with Crippen molar-refractivity contribution in [2.24, 2.45) is 0 Å². The van der Waals surface area contributed by atoms with E-state index in [1.807, 2.05) is 47.0 Å². The van der Waals surface area contributed by atoms with Gasteiger partial charge in [-0.1, -0.05) is 49.4 Å². The van der Waals surface area contributed by atoms with Gasteiger partial charge >= 0.3 is 6.03 Å². The Balaban J connectivity index is 1.51. The molecular weight excluding hydrogens is 366 g/mol. The minimum atomic E-state index is -0.0377. The molecule has 2 aromatic rings. The topological polar surface area (TPSA) is 35.6 Å². The van der Waals surface area contributed by atoms with E-state index in [0.29, 0.717) is 6.54 Å². The van der Waals surface area contributed by atoms with E-state index < -0.39 is 0 Å². The predicted molar refractivity (Wildman–Crippen MR) is 120 cm³/mol. The Morgan fingerprint density at radius 1 is 1.04 bits per heavy atom. The highest BCUT2D eigenvalue weighted by atomic mass is 32.2. The van der Waals surface area contributed by atoms with Crippen molar-refractivity contribution in [1.29, 1.82) is 0 Å². The van der Waals surface area contributed by atoms with Crippen molar-refractivity contribution in [3.05, 3.63) is 65.7 Å². The van der Waals surface area contributed by atoms with Gasteiger partial charge in [0.25, 0.3) is 0 Å². The molecule has 0 aliphatic carbocycles. The van der Waals surface area contributed by atoms with Crippen molar-refractivity contribution < 1.29 is 4.79 Å². The largest absolute Gasteiger partial charge is 0.322 e. The highest BCUT2D eigenvalue weighted by Crippen LogP contribution is 2.14. The molecule has 1 fully saturated rings. The van der Waals surface area contributed by atoms with E-state index in [1.165, 1.54) is 30.2 Å². The molecule has 0 unspecified atom stereocenters. The number of amides is 2. The first kappa shape index (κ1) is 20.7. The van der Waals surface area contributed by atoms with E-state index in [0.717, 1.165) is 37.2 Å². The molecule has 0 saturated carbocycles. The number of thioether (sulfide) groups is 1. The van der Waals surface area contributed by atoms with Crippen LogP contribution in [0.5, 0.6) is 0 Å². The van der Waals surface area contributed by atoms with Gasteiger partial charge in [-0.05, 0) is 36.1 Å². The van der Waals surface area contributed by atoms with Crippen molar-refractivity contribution in [1.82, 2.24) is 9.80 Å². The number of hydrogen-bond acceptors (Lipinski definition) is 3. The normalized spacial score (nSPS) is 14.6. The van der Waals surface area contributed by atoms with E-state index in [4.69, 9.17) is 0 Å². The lowest BCUT2D eigenvalue weighted by atomic mass is 10.1. The molecule has 0 atom stereocenters. The molecule has 2 amide bonds. The summed E-state index contributed by atoms with van der Waals surface area (Å²) >= 11 is 2.05. The van der Waals surface area contributed by atoms with Gasteiger partial charge in [0.1, 0.15) is 0 Å². The lowest BCUT2D eigenvalue weighted by molar-refractivity contribution is 0.209. The lowest BCUT2D eigenvalue weighted by Crippen LogP contribution is -2.35. The number of benzene rings is 2. The van der Waals surface area contributed by atoms with Gasteiger partial charge in [0.05, 0.1) is 0 Å². The van der Waals surface area contributed by atoms with Crippen LogP contribution in [0.25, 0.3) is 0 Å². The molecule has 1 saturated heterocycles. The monoisotopic (exact) mass is 397 g/mol. The number of urea groups is 1. The summed E-state index contributed by atoms with van der Waals surface area (Å²) in [5.41, 5.74) is 3.33. The van der Waals surface area contributed by atoms with E-state index in [9.17, 15) is 4.79 Å². The highest BCUT2D eigenvalue weighted by Gasteiger charge is 2.14. The van der Waals surface area contributed by atoms with Gasteiger partial charge in [0.15, 0.2) is 0 Å². The molecule has 1 N–H and O–H groups in total. The van der Waals surface area contributed by atoms with Crippen LogP contribution in [0.4, 0.5) is 10.5 Å². The molecule has 4 nitrogen and oxygen atoms in total. The molecule has 28 heavy (non-hydrogen) atoms. The van der Waals surface area contributed by atoms with Crippen molar-refractivity contribution in [2.75, 3.05) is 43.0 Å². The van der Waals surface area contributed by atoms with E-state index in [1.54, 1.807) is 0 Å². The maximum absolute atomic E-state index is 12.7. The molecule has 2 aromatic carbocycles. The third-order valence-corrected chi connectivity index (χ3v) is 5.97. The number of carbonyl (C=O) groups is 1. The van der Waals surface area contributed by atoms with Crippen LogP contribution < -0.4 is 5.32 Å². The molecule has 0 aromatic heterocycles. The molecule has 1 aliphatic heterocycles. The standard InChI is InChI=1S/C23H31N3OS/c1-2-13-26(19-21-6-4-3-5-7-21)23(27)24-22-10-8-20(9-11-22)12-14-25-15-17-28-18-16-25/h3-11H,2,12-19H2,1H3,(H,24,27). The summed E-state index contributed by atoms with van der Waals surface area (Å²) in [6.07, 6.45) is 2.00. The summed E-state index contributed by atoms with van der Waals surface area (Å²) in [5.74, 6) is 2.50. The van der Waals surface area contributed by atoms with Crippen LogP contribution in [-0.2, 0) is 13.0 Å². The minimum absolute atomic E-state index is 0.0377. The Bertz CT molecular complexity index is 714. The molecule has 0 bridgehead atoms. The van der Waals surface area contributed by atoms with E-state index >= 15 is 0 Å². The first-order valence-electron chi connectivity index (χ1n) is 10.2. The van der Waals surface area contributed by atoms with Crippen molar-refractivity contribution in [3.8, 4) is 0 Å². The summed E-state index contributed by atoms with van der Waals surface area (Å²) in [5, 5.41) is 3.05. The second kappa shape index (κ2) is 11.1. The zero-order valence-corrected chi connectivity index (χ0v) is 17.6. The van der Waals surface area contributed by atoms with E-state index in [2.05, 4.69) is 41.4 Å². The minimum Gasteiger partial charge on any atom is -0.320 e. The summed E-state index contributed by atoms with van der Waals surface area (Å²) in [6, 6.07) is 18.4. The van der Waals surface area contributed by atoms with Gasteiger partial charge in [-0.3, -0.25) is 0 Å². The highest BCUT2D eigenvalue weighted by molar-refractivity contribution is 7.99. The average molecular weight is 398 g/mol. The average Bonchev–Trinajstić information content (AvgIpc) is 2.74. The summed E-state index contributed by atoms with van der Waals surface area (Å²) in [7, 11) is 0. The number of rotatable bonds is 8. The molecule has 3 rings (SSSR count). The fraction of sp³-hybridized carbons (Fsp3) is 0.435. The van der Waals surface area contributed by atoms with Crippen LogP contribution in [0.3, 0.4) is 0 Å². The predicted octanol–water partition coefficient (Wildman–Crippen LogP) is 4.72. The third kappa shape index (κ3) is 6.57. The second-order valence-corrected chi connectivity index (χ2v) is 8.46. The Hall–Kier alpha value is -1.98. The van der Waals surface area contributed by atoms with E-state index in [-0.39, 0.29) is 6.03 Å². The molecule has 1 heterocycles. The van der Waals surface area contributed by atoms with Crippen molar-refractivity contribution in [2.45, 2.75) is 26.3 Å². The Labute approximate surface area is 173 Å². The first-order valence-corrected chi connectivity index (χ1v) is 11.4. The van der Waals surface area contributed by atoms with Crippen molar-refractivity contribution in [3.63, 3.8) is 0 Å². The molecular formula is C23H31N3OS. The number of hydrogen-bond donors (Lipinski definition) is 1. The number of carbonyl (C=O) groups excluding carboxylic acids is 1. The van der Waals surface area contributed by atoms with Crippen LogP contribution in [0.15, 0.2) is 54.6 Å². The van der Waals surface area contributed by atoms with Gasteiger partial charge in [-0.15, -0.1) is 0 Å². The van der Waals surface area contributed by atoms with Crippen molar-refractivity contribution >= 4 is 23.5 Å². The van der Waals surface area contributed by atoms with Crippen LogP contribution in [0.1, 0.15) is 24.5 Å². The fourth-order valence-corrected chi connectivity index (χ4v) is 4.37. The molecule has 150 valence electrons. The zero-order valence-electron chi connectivity index (χ0n) is 16.8. The first-order chi connectivity index (χ1) is 13.7. The van der Waals surface area contributed by atoms with Crippen LogP contribution in [0.2, 0.25) is 0 Å². The zero-order chi connectivity index (χ0) is 19.6. The van der Waals surface area contributed by atoms with Gasteiger partial charge in [-0.2, -0.15) is 11.8 Å². The van der Waals surface area contributed by atoms with Gasteiger partial charge in [0.2, 0.25) is 0 Å². The number of nitrogens with one attached hydrogen (secondary N) is 1. The van der Waals surface area contributed by atoms with Crippen LogP contribution in [-0.4, -0.2) is 53.5 Å². The molecule has 0 spiro atoms. The Kier molecular flexibility index (Phi) is 8.24. The lowest BCUT2D eigenvalue weighted by Gasteiger charge is -2.26. The van der Waals surface area contributed by atoms with Crippen LogP contribution >= 0.6 is 11.8 Å². The maximum atomic E-state index is 12.7. The van der Waals surface area contributed by atoms with Gasteiger partial charge in [0, 0.05) is 49.9 Å². The molecule has 1 aliphatic rings. The quantitative estimate of drug-likeness (QED) is 0.700. The smallest absolute Gasteiger partial charge is 0.320 e. The molecule has 5 heteroatoms. The summed E-state index contributed by atoms with van der Waals surface area (Å²) < 4.78 is 0. The number of anilines is 1. The molecule has 0 radical (unpaired) electrons. The summed E-state index contributed by atoms with van der Waals surface area (Å²) in [4.78, 5) is 17.1. The Morgan fingerprint density at radius 3 is 2.43 bits per heavy atom. The summed E-state index contributed by atoms with van der Waals surface area (Å²) in [6.45, 7) is 7.00. The Morgan fingerprint density at radius 2 is 1.75 bits per heavy atom. The van der Waals surface area contributed by atoms with Gasteiger partial charge < -0.3 is 15.1 Å². The van der Waals surface area contributed by atoms with Crippen LogP contribution in [0, 0.1) is 0 Å². The second-order valence-electron chi connectivity index (χ2n) is 7.24. The third-order valence-electron chi connectivity index (χ3n) is 5.02. The fourth-order valence-electron chi connectivity index (χ4n) is 3.40. The van der Waals surface area contributed by atoms with Gasteiger partial charge in [-0.25, -0.2) is 4.79 Å². The number of nitrogens with zero attached hydrogens (tertiary/aromatic N) is 2.